The Morgan fingerprint density at radius 1 is 1.33 bits per heavy atom. The summed E-state index contributed by atoms with van der Waals surface area (Å²) < 4.78 is 5.46. The minimum absolute atomic E-state index is 0.432. The summed E-state index contributed by atoms with van der Waals surface area (Å²) in [4.78, 5) is 13.4. The van der Waals surface area contributed by atoms with Gasteiger partial charge in [-0.2, -0.15) is 0 Å². The Labute approximate surface area is 92.8 Å². The van der Waals surface area contributed by atoms with E-state index in [1.54, 1.807) is 0 Å². The Bertz CT molecular complexity index is 184. The molecule has 1 rings (SSSR count). The molecule has 0 N–H and O–H groups in total. The zero-order valence-corrected chi connectivity index (χ0v) is 10.00. The van der Waals surface area contributed by atoms with Gasteiger partial charge < -0.3 is 9.64 Å². The zero-order valence-electron chi connectivity index (χ0n) is 10.00. The Hall–Kier alpha value is -0.410. The van der Waals surface area contributed by atoms with E-state index in [9.17, 15) is 4.79 Å². The molecule has 0 aliphatic heterocycles. The maximum absolute atomic E-state index is 11.1. The third-order valence-corrected chi connectivity index (χ3v) is 3.07. The van der Waals surface area contributed by atoms with Crippen LogP contribution in [-0.2, 0) is 9.53 Å². The fourth-order valence-electron chi connectivity index (χ4n) is 2.00. The summed E-state index contributed by atoms with van der Waals surface area (Å²) in [5.74, 6) is 0.432. The molecule has 0 amide bonds. The van der Waals surface area contributed by atoms with E-state index in [4.69, 9.17) is 4.74 Å². The molecule has 1 aliphatic rings. The van der Waals surface area contributed by atoms with Crippen LogP contribution in [-0.4, -0.2) is 43.5 Å². The minimum Gasteiger partial charge on any atom is -0.380 e. The van der Waals surface area contributed by atoms with Crippen LogP contribution in [0, 0.1) is 0 Å². The second kappa shape index (κ2) is 6.96. The molecule has 0 atom stereocenters. The van der Waals surface area contributed by atoms with Gasteiger partial charge in [-0.25, -0.2) is 0 Å². The monoisotopic (exact) mass is 213 g/mol. The number of carbonyl (C=O) groups is 1. The van der Waals surface area contributed by atoms with E-state index in [1.807, 2.05) is 0 Å². The highest BCUT2D eigenvalue weighted by atomic mass is 16.5. The van der Waals surface area contributed by atoms with E-state index >= 15 is 0 Å². The quantitative estimate of drug-likeness (QED) is 0.631. The second-order valence-electron chi connectivity index (χ2n) is 4.36. The molecule has 1 aliphatic carbocycles. The smallest absolute Gasteiger partial charge is 0.133 e. The third kappa shape index (κ3) is 4.76. The van der Waals surface area contributed by atoms with Crippen LogP contribution < -0.4 is 0 Å². The van der Waals surface area contributed by atoms with Crippen molar-refractivity contribution in [1.29, 1.82) is 0 Å². The molecule has 0 spiro atoms. The maximum Gasteiger partial charge on any atom is 0.133 e. The van der Waals surface area contributed by atoms with E-state index in [1.165, 1.54) is 0 Å². The predicted molar refractivity (Wildman–Crippen MR) is 61.0 cm³/mol. The van der Waals surface area contributed by atoms with Crippen LogP contribution in [0.15, 0.2) is 0 Å². The second-order valence-corrected chi connectivity index (χ2v) is 4.36. The fourth-order valence-corrected chi connectivity index (χ4v) is 2.00. The number of ether oxygens (including phenoxy) is 1. The van der Waals surface area contributed by atoms with Crippen molar-refractivity contribution in [3.63, 3.8) is 0 Å². The van der Waals surface area contributed by atoms with Crippen LogP contribution in [0.2, 0.25) is 0 Å². The highest BCUT2D eigenvalue weighted by molar-refractivity contribution is 5.79. The van der Waals surface area contributed by atoms with Crippen LogP contribution >= 0.6 is 0 Å². The van der Waals surface area contributed by atoms with E-state index in [2.05, 4.69) is 18.9 Å². The fraction of sp³-hybridized carbons (Fsp3) is 0.917. The van der Waals surface area contributed by atoms with Gasteiger partial charge in [-0.3, -0.25) is 4.79 Å². The average molecular weight is 213 g/mol. The first-order chi connectivity index (χ1) is 7.24. The van der Waals surface area contributed by atoms with Crippen molar-refractivity contribution in [1.82, 2.24) is 4.90 Å². The number of carbonyl (C=O) groups excluding carboxylic acids is 1. The molecule has 0 aromatic heterocycles. The summed E-state index contributed by atoms with van der Waals surface area (Å²) in [6, 6.07) is 0.591. The van der Waals surface area contributed by atoms with Gasteiger partial charge in [0, 0.05) is 32.0 Å². The summed E-state index contributed by atoms with van der Waals surface area (Å²) in [5, 5.41) is 0. The number of likely N-dealkylation sites (N-methyl/N-ethyl adjacent to an activating group) is 1. The molecule has 3 heteroatoms. The van der Waals surface area contributed by atoms with Crippen molar-refractivity contribution in [2.75, 3.05) is 26.8 Å². The number of Topliss-reactive ketones (excluding diaryl/α,β-unsaturated/α-hetero) is 1. The van der Waals surface area contributed by atoms with Gasteiger partial charge in [-0.1, -0.05) is 6.92 Å². The Morgan fingerprint density at radius 3 is 2.60 bits per heavy atom. The standard InChI is InChI=1S/C12H23NO2/c1-3-9-15-10-8-13(2)11-4-6-12(14)7-5-11/h11H,3-10H2,1-2H3. The number of ketones is 1. The largest absolute Gasteiger partial charge is 0.380 e. The summed E-state index contributed by atoms with van der Waals surface area (Å²) in [5.41, 5.74) is 0. The lowest BCUT2D eigenvalue weighted by molar-refractivity contribution is -0.121. The summed E-state index contributed by atoms with van der Waals surface area (Å²) in [6.07, 6.45) is 4.68. The molecule has 0 unspecified atom stereocenters. The number of nitrogens with zero attached hydrogens (tertiary/aromatic N) is 1. The lowest BCUT2D eigenvalue weighted by atomic mass is 9.93. The average Bonchev–Trinajstić information content (AvgIpc) is 2.25. The van der Waals surface area contributed by atoms with E-state index in [0.717, 1.165) is 51.9 Å². The number of hydrogen-bond donors (Lipinski definition) is 0. The predicted octanol–water partition coefficient (Wildman–Crippen LogP) is 1.86. The van der Waals surface area contributed by atoms with Crippen LogP contribution in [0.5, 0.6) is 0 Å². The van der Waals surface area contributed by atoms with Gasteiger partial charge >= 0.3 is 0 Å². The molecule has 0 saturated heterocycles. The molecule has 15 heavy (non-hydrogen) atoms. The molecule has 0 radical (unpaired) electrons. The first-order valence-corrected chi connectivity index (χ1v) is 6.03. The van der Waals surface area contributed by atoms with Crippen molar-refractivity contribution in [2.24, 2.45) is 0 Å². The van der Waals surface area contributed by atoms with E-state index < -0.39 is 0 Å². The number of hydrogen-bond acceptors (Lipinski definition) is 3. The lowest BCUT2D eigenvalue weighted by Crippen LogP contribution is -2.37. The molecule has 1 fully saturated rings. The Morgan fingerprint density at radius 2 is 2.00 bits per heavy atom. The van der Waals surface area contributed by atoms with Crippen molar-refractivity contribution in [2.45, 2.75) is 45.1 Å². The molecule has 88 valence electrons. The Balaban J connectivity index is 2.11. The maximum atomic E-state index is 11.1. The topological polar surface area (TPSA) is 29.5 Å². The lowest BCUT2D eigenvalue weighted by Gasteiger charge is -2.30. The van der Waals surface area contributed by atoms with Gasteiger partial charge in [-0.05, 0) is 26.3 Å². The molecule has 0 aromatic rings. The van der Waals surface area contributed by atoms with Gasteiger partial charge in [0.15, 0.2) is 0 Å². The van der Waals surface area contributed by atoms with Crippen molar-refractivity contribution < 1.29 is 9.53 Å². The highest BCUT2D eigenvalue weighted by Gasteiger charge is 2.21. The SMILES string of the molecule is CCCOCCN(C)C1CCC(=O)CC1. The van der Waals surface area contributed by atoms with Gasteiger partial charge in [0.2, 0.25) is 0 Å². The van der Waals surface area contributed by atoms with Crippen LogP contribution in [0.25, 0.3) is 0 Å². The molecule has 1 saturated carbocycles. The van der Waals surface area contributed by atoms with E-state index in [-0.39, 0.29) is 0 Å². The zero-order chi connectivity index (χ0) is 11.1. The molecule has 0 bridgehead atoms. The third-order valence-electron chi connectivity index (χ3n) is 3.07. The molecular weight excluding hydrogens is 190 g/mol. The van der Waals surface area contributed by atoms with Crippen molar-refractivity contribution >= 4 is 5.78 Å². The van der Waals surface area contributed by atoms with Gasteiger partial charge in [0.1, 0.15) is 5.78 Å². The molecule has 0 heterocycles. The van der Waals surface area contributed by atoms with Gasteiger partial charge in [-0.15, -0.1) is 0 Å². The van der Waals surface area contributed by atoms with Crippen molar-refractivity contribution in [3.05, 3.63) is 0 Å². The van der Waals surface area contributed by atoms with Gasteiger partial charge in [0.05, 0.1) is 6.61 Å². The summed E-state index contributed by atoms with van der Waals surface area (Å²) in [7, 11) is 2.13. The van der Waals surface area contributed by atoms with Crippen LogP contribution in [0.3, 0.4) is 0 Å². The minimum atomic E-state index is 0.432. The molecule has 3 nitrogen and oxygen atoms in total. The number of rotatable bonds is 6. The molecular formula is C12H23NO2. The van der Waals surface area contributed by atoms with Gasteiger partial charge in [0.25, 0.3) is 0 Å². The Kier molecular flexibility index (Phi) is 5.88. The van der Waals surface area contributed by atoms with Crippen molar-refractivity contribution in [3.8, 4) is 0 Å². The first kappa shape index (κ1) is 12.7. The normalized spacial score (nSPS) is 18.7. The summed E-state index contributed by atoms with van der Waals surface area (Å²) >= 11 is 0. The molecule has 0 aromatic carbocycles. The summed E-state index contributed by atoms with van der Waals surface area (Å²) in [6.45, 7) is 4.78. The first-order valence-electron chi connectivity index (χ1n) is 6.03. The van der Waals surface area contributed by atoms with Crippen LogP contribution in [0.1, 0.15) is 39.0 Å². The van der Waals surface area contributed by atoms with E-state index in [0.29, 0.717) is 11.8 Å². The highest BCUT2D eigenvalue weighted by Crippen LogP contribution is 2.18. The van der Waals surface area contributed by atoms with Crippen LogP contribution in [0.4, 0.5) is 0 Å².